The Labute approximate surface area is 147 Å². The van der Waals surface area contributed by atoms with Crippen molar-refractivity contribution in [1.29, 1.82) is 0 Å². The average molecular weight is 329 g/mol. The Bertz CT molecular complexity index is 864. The number of rotatable bonds is 4. The van der Waals surface area contributed by atoms with E-state index >= 15 is 0 Å². The number of hydrogen-bond acceptors (Lipinski definition) is 2. The van der Waals surface area contributed by atoms with Gasteiger partial charge in [-0.05, 0) is 48.2 Å². The van der Waals surface area contributed by atoms with Crippen molar-refractivity contribution in [3.8, 4) is 11.5 Å². The van der Waals surface area contributed by atoms with Crippen molar-refractivity contribution >= 4 is 5.91 Å². The fourth-order valence-electron chi connectivity index (χ4n) is 3.28. The standard InChI is InChI=1S/C22H19NO2/c24-22(23-18-14-16-8-4-5-9-17(16)15-18)20-12-6-7-13-21(20)25-19-10-2-1-3-11-19/h1-13,18H,14-15H2,(H,23,24). The second-order valence-corrected chi connectivity index (χ2v) is 6.26. The number of carbonyl (C=O) groups excluding carboxylic acids is 1. The number of benzene rings is 3. The van der Waals surface area contributed by atoms with Crippen molar-refractivity contribution in [2.75, 3.05) is 0 Å². The SMILES string of the molecule is O=C(NC1Cc2ccccc2C1)c1ccccc1Oc1ccccc1. The first-order valence-electron chi connectivity index (χ1n) is 8.49. The fourth-order valence-corrected chi connectivity index (χ4v) is 3.28. The summed E-state index contributed by atoms with van der Waals surface area (Å²) in [7, 11) is 0. The van der Waals surface area contributed by atoms with Crippen LogP contribution in [0.2, 0.25) is 0 Å². The molecule has 3 heteroatoms. The lowest BCUT2D eigenvalue weighted by molar-refractivity contribution is 0.0936. The highest BCUT2D eigenvalue weighted by atomic mass is 16.5. The largest absolute Gasteiger partial charge is 0.457 e. The minimum Gasteiger partial charge on any atom is -0.457 e. The minimum absolute atomic E-state index is 0.0932. The van der Waals surface area contributed by atoms with Gasteiger partial charge in [0.25, 0.3) is 5.91 Å². The van der Waals surface area contributed by atoms with Gasteiger partial charge in [-0.15, -0.1) is 0 Å². The highest BCUT2D eigenvalue weighted by molar-refractivity contribution is 5.97. The van der Waals surface area contributed by atoms with Crippen LogP contribution in [0.5, 0.6) is 11.5 Å². The molecule has 4 rings (SSSR count). The molecule has 0 saturated heterocycles. The van der Waals surface area contributed by atoms with Crippen LogP contribution >= 0.6 is 0 Å². The van der Waals surface area contributed by atoms with E-state index in [9.17, 15) is 4.79 Å². The summed E-state index contributed by atoms with van der Waals surface area (Å²) >= 11 is 0. The van der Waals surface area contributed by atoms with Crippen molar-refractivity contribution < 1.29 is 9.53 Å². The van der Waals surface area contributed by atoms with E-state index in [1.165, 1.54) is 11.1 Å². The summed E-state index contributed by atoms with van der Waals surface area (Å²) in [6.45, 7) is 0. The van der Waals surface area contributed by atoms with E-state index in [-0.39, 0.29) is 11.9 Å². The quantitative estimate of drug-likeness (QED) is 0.771. The fraction of sp³-hybridized carbons (Fsp3) is 0.136. The maximum atomic E-state index is 12.8. The summed E-state index contributed by atoms with van der Waals surface area (Å²) in [4.78, 5) is 12.8. The van der Waals surface area contributed by atoms with E-state index in [0.717, 1.165) is 18.6 Å². The number of para-hydroxylation sites is 2. The van der Waals surface area contributed by atoms with E-state index in [2.05, 4.69) is 17.4 Å². The lowest BCUT2D eigenvalue weighted by Crippen LogP contribution is -2.35. The predicted octanol–water partition coefficient (Wildman–Crippen LogP) is 4.38. The molecule has 0 fully saturated rings. The smallest absolute Gasteiger partial charge is 0.255 e. The zero-order valence-electron chi connectivity index (χ0n) is 13.8. The van der Waals surface area contributed by atoms with Crippen molar-refractivity contribution in [1.82, 2.24) is 5.32 Å². The van der Waals surface area contributed by atoms with Gasteiger partial charge >= 0.3 is 0 Å². The highest BCUT2D eigenvalue weighted by Gasteiger charge is 2.24. The molecule has 1 aliphatic carbocycles. The van der Waals surface area contributed by atoms with Crippen molar-refractivity contribution in [3.05, 3.63) is 95.6 Å². The zero-order chi connectivity index (χ0) is 17.1. The van der Waals surface area contributed by atoms with Gasteiger partial charge in [0, 0.05) is 6.04 Å². The Morgan fingerprint density at radius 2 is 1.40 bits per heavy atom. The van der Waals surface area contributed by atoms with Crippen LogP contribution in [0, 0.1) is 0 Å². The third-order valence-electron chi connectivity index (χ3n) is 4.49. The van der Waals surface area contributed by atoms with Crippen LogP contribution in [-0.4, -0.2) is 11.9 Å². The van der Waals surface area contributed by atoms with Crippen LogP contribution in [-0.2, 0) is 12.8 Å². The second-order valence-electron chi connectivity index (χ2n) is 6.26. The van der Waals surface area contributed by atoms with E-state index in [4.69, 9.17) is 4.74 Å². The maximum absolute atomic E-state index is 12.8. The molecule has 1 N–H and O–H groups in total. The molecular weight excluding hydrogens is 310 g/mol. The second kappa shape index (κ2) is 6.81. The van der Waals surface area contributed by atoms with Gasteiger partial charge in [0.2, 0.25) is 0 Å². The number of nitrogens with one attached hydrogen (secondary N) is 1. The zero-order valence-corrected chi connectivity index (χ0v) is 13.8. The molecule has 124 valence electrons. The number of fused-ring (bicyclic) bond motifs is 1. The molecule has 3 aromatic rings. The molecule has 3 aromatic carbocycles. The molecule has 25 heavy (non-hydrogen) atoms. The molecule has 0 aliphatic heterocycles. The Morgan fingerprint density at radius 1 is 0.800 bits per heavy atom. The lowest BCUT2D eigenvalue weighted by atomic mass is 10.1. The van der Waals surface area contributed by atoms with Gasteiger partial charge in [0.05, 0.1) is 5.56 Å². The van der Waals surface area contributed by atoms with E-state index < -0.39 is 0 Å². The summed E-state index contributed by atoms with van der Waals surface area (Å²) in [5.74, 6) is 1.20. The third-order valence-corrected chi connectivity index (χ3v) is 4.49. The van der Waals surface area contributed by atoms with Crippen LogP contribution in [0.3, 0.4) is 0 Å². The van der Waals surface area contributed by atoms with Crippen LogP contribution in [0.4, 0.5) is 0 Å². The van der Waals surface area contributed by atoms with Gasteiger partial charge in [-0.2, -0.15) is 0 Å². The number of hydrogen-bond donors (Lipinski definition) is 1. The van der Waals surface area contributed by atoms with Gasteiger partial charge in [0.15, 0.2) is 0 Å². The van der Waals surface area contributed by atoms with Crippen molar-refractivity contribution in [2.45, 2.75) is 18.9 Å². The molecule has 0 aromatic heterocycles. The molecule has 0 heterocycles. The van der Waals surface area contributed by atoms with Crippen LogP contribution in [0.15, 0.2) is 78.9 Å². The topological polar surface area (TPSA) is 38.3 Å². The molecule has 1 amide bonds. The highest BCUT2D eigenvalue weighted by Crippen LogP contribution is 2.26. The van der Waals surface area contributed by atoms with Gasteiger partial charge in [0.1, 0.15) is 11.5 Å². The first-order valence-corrected chi connectivity index (χ1v) is 8.49. The molecule has 0 spiro atoms. The van der Waals surface area contributed by atoms with Gasteiger partial charge in [-0.3, -0.25) is 4.79 Å². The van der Waals surface area contributed by atoms with Crippen molar-refractivity contribution in [3.63, 3.8) is 0 Å². The summed E-state index contributed by atoms with van der Waals surface area (Å²) in [5, 5.41) is 3.15. The summed E-state index contributed by atoms with van der Waals surface area (Å²) < 4.78 is 5.90. The summed E-state index contributed by atoms with van der Waals surface area (Å²) in [6.07, 6.45) is 1.76. The molecule has 0 atom stereocenters. The minimum atomic E-state index is -0.0932. The van der Waals surface area contributed by atoms with E-state index in [1.54, 1.807) is 6.07 Å². The van der Waals surface area contributed by atoms with E-state index in [0.29, 0.717) is 11.3 Å². The van der Waals surface area contributed by atoms with Gasteiger partial charge < -0.3 is 10.1 Å². The normalized spacial score (nSPS) is 13.3. The number of carbonyl (C=O) groups is 1. The first kappa shape index (κ1) is 15.5. The molecule has 3 nitrogen and oxygen atoms in total. The molecule has 0 radical (unpaired) electrons. The van der Waals surface area contributed by atoms with Crippen LogP contribution < -0.4 is 10.1 Å². The third kappa shape index (κ3) is 3.41. The molecular formula is C22H19NO2. The number of amides is 1. The monoisotopic (exact) mass is 329 g/mol. The van der Waals surface area contributed by atoms with Gasteiger partial charge in [-0.25, -0.2) is 0 Å². The maximum Gasteiger partial charge on any atom is 0.255 e. The van der Waals surface area contributed by atoms with Crippen LogP contribution in [0.25, 0.3) is 0 Å². The molecule has 0 saturated carbocycles. The summed E-state index contributed by atoms with van der Waals surface area (Å²) in [6, 6.07) is 25.4. The van der Waals surface area contributed by atoms with E-state index in [1.807, 2.05) is 60.7 Å². The molecule has 1 aliphatic rings. The Kier molecular flexibility index (Phi) is 4.21. The Hall–Kier alpha value is -3.07. The molecule has 0 unspecified atom stereocenters. The van der Waals surface area contributed by atoms with Crippen LogP contribution in [0.1, 0.15) is 21.5 Å². The average Bonchev–Trinajstić information content (AvgIpc) is 3.05. The number of ether oxygens (including phenoxy) is 1. The van der Waals surface area contributed by atoms with Crippen molar-refractivity contribution in [2.24, 2.45) is 0 Å². The lowest BCUT2D eigenvalue weighted by Gasteiger charge is -2.15. The Morgan fingerprint density at radius 3 is 2.12 bits per heavy atom. The first-order chi connectivity index (χ1) is 12.3. The van der Waals surface area contributed by atoms with Gasteiger partial charge in [-0.1, -0.05) is 54.6 Å². The summed E-state index contributed by atoms with van der Waals surface area (Å²) in [5.41, 5.74) is 3.20. The Balaban J connectivity index is 1.50. The molecule has 0 bridgehead atoms. The predicted molar refractivity (Wildman–Crippen MR) is 98.1 cm³/mol.